The summed E-state index contributed by atoms with van der Waals surface area (Å²) < 4.78 is 38.9. The van der Waals surface area contributed by atoms with Gasteiger partial charge in [-0.3, -0.25) is 0 Å². The van der Waals surface area contributed by atoms with Crippen LogP contribution < -0.4 is 95.5 Å². The van der Waals surface area contributed by atoms with E-state index in [1.165, 1.54) is 0 Å². The SMILES string of the molecule is [Li+].[Li+].[Li+].[Li+].[O-]BF.[O-]BF.[O-]BF.[O-]BF. The van der Waals surface area contributed by atoms with Crippen molar-refractivity contribution in [3.63, 3.8) is 0 Å². The van der Waals surface area contributed by atoms with E-state index < -0.39 is 31.0 Å². The standard InChI is InChI=1S/4BFHO.4Li/c4*2-1-3;;;;/h4*1H;;;;/q4*-1;4*+1. The Kier molecular flexibility index (Phi) is 379. The predicted molar refractivity (Wildman–Crippen MR) is 33.0 cm³/mol. The Morgan fingerprint density at radius 1 is 0.438 bits per heavy atom. The molecule has 16 heavy (non-hydrogen) atoms. The largest absolute Gasteiger partial charge is 1.00 e. The summed E-state index contributed by atoms with van der Waals surface area (Å²) in [5.74, 6) is 0. The predicted octanol–water partition coefficient (Wildman–Crippen LogP) is -17.7. The van der Waals surface area contributed by atoms with Crippen molar-refractivity contribution in [2.75, 3.05) is 0 Å². The Balaban J connectivity index is -0.00000000821. The summed E-state index contributed by atoms with van der Waals surface area (Å²) in [6, 6.07) is 0. The van der Waals surface area contributed by atoms with Gasteiger partial charge in [-0.15, -0.1) is 0 Å². The molecule has 0 bridgehead atoms. The molecule has 0 aromatic heterocycles. The third-order valence-corrected chi connectivity index (χ3v) is 0. The maximum atomic E-state index is 9.74. The quantitative estimate of drug-likeness (QED) is 0.296. The molecule has 0 unspecified atom stereocenters. The molecule has 0 fully saturated rings. The zero-order valence-corrected chi connectivity index (χ0v) is 9.97. The Morgan fingerprint density at radius 3 is 0.438 bits per heavy atom. The third-order valence-electron chi connectivity index (χ3n) is 0. The van der Waals surface area contributed by atoms with E-state index in [-0.39, 0.29) is 75.4 Å². The van der Waals surface area contributed by atoms with Gasteiger partial charge in [-0.1, -0.05) is 0 Å². The van der Waals surface area contributed by atoms with Crippen molar-refractivity contribution in [3.05, 3.63) is 0 Å². The van der Waals surface area contributed by atoms with Gasteiger partial charge in [0, 0.05) is 0 Å². The van der Waals surface area contributed by atoms with Gasteiger partial charge >= 0.3 is 75.4 Å². The second-order valence-electron chi connectivity index (χ2n) is 0.436. The van der Waals surface area contributed by atoms with Crippen molar-refractivity contribution >= 4 is 31.0 Å². The van der Waals surface area contributed by atoms with E-state index in [2.05, 4.69) is 0 Å². The molecule has 0 heterocycles. The first-order valence-electron chi connectivity index (χ1n) is 2.22. The zero-order chi connectivity index (χ0) is 10.8. The van der Waals surface area contributed by atoms with Crippen LogP contribution in [0, 0.1) is 0 Å². The van der Waals surface area contributed by atoms with E-state index in [4.69, 9.17) is 20.1 Å². The molecule has 0 saturated carbocycles. The minimum atomic E-state index is -1.50. The van der Waals surface area contributed by atoms with E-state index in [0.29, 0.717) is 0 Å². The van der Waals surface area contributed by atoms with Gasteiger partial charge in [-0.05, 0) is 0 Å². The van der Waals surface area contributed by atoms with Crippen LogP contribution in [0.25, 0.3) is 0 Å². The molecule has 0 aromatic rings. The third kappa shape index (κ3) is 768. The van der Waals surface area contributed by atoms with E-state index in [0.717, 1.165) is 0 Å². The summed E-state index contributed by atoms with van der Waals surface area (Å²) in [7, 11) is -6.00. The van der Waals surface area contributed by atoms with Crippen LogP contribution in [-0.4, -0.2) is 31.0 Å². The smallest absolute Gasteiger partial charge is 0.855 e. The molecule has 0 spiro atoms. The fourth-order valence-corrected chi connectivity index (χ4v) is 0. The van der Waals surface area contributed by atoms with Gasteiger partial charge in [0.2, 0.25) is 31.0 Å². The Labute approximate surface area is 143 Å². The van der Waals surface area contributed by atoms with Crippen molar-refractivity contribution < 1.29 is 113 Å². The topological polar surface area (TPSA) is 92.2 Å². The summed E-state index contributed by atoms with van der Waals surface area (Å²) in [4.78, 5) is 0. The monoisotopic (exact) mass is 216 g/mol. The van der Waals surface area contributed by atoms with Gasteiger partial charge in [0.1, 0.15) is 0 Å². The summed E-state index contributed by atoms with van der Waals surface area (Å²) in [5.41, 5.74) is 0. The average Bonchev–Trinajstić information content (AvgIpc) is 1.92. The van der Waals surface area contributed by atoms with E-state index in [1.807, 2.05) is 0 Å². The number of hydrogen-bond acceptors (Lipinski definition) is 4. The molecule has 16 heteroatoms. The molecular weight excluding hydrogens is 211 g/mol. The van der Waals surface area contributed by atoms with Gasteiger partial charge in [-0.25, -0.2) is 0 Å². The fraction of sp³-hybridized carbons (Fsp3) is 0. The van der Waals surface area contributed by atoms with E-state index >= 15 is 0 Å². The van der Waals surface area contributed by atoms with E-state index in [1.54, 1.807) is 0 Å². The molecule has 0 saturated heterocycles. The number of hydrogen-bond donors (Lipinski definition) is 0. The molecule has 0 N–H and O–H groups in total. The summed E-state index contributed by atoms with van der Waals surface area (Å²) >= 11 is 0. The molecule has 4 nitrogen and oxygen atoms in total. The molecule has 0 aliphatic heterocycles. The van der Waals surface area contributed by atoms with Gasteiger partial charge < -0.3 is 37.4 Å². The first-order valence-corrected chi connectivity index (χ1v) is 2.22. The number of halogens is 4. The maximum absolute atomic E-state index is 9.74. The molecule has 0 radical (unpaired) electrons. The summed E-state index contributed by atoms with van der Waals surface area (Å²) in [6.45, 7) is 0. The minimum Gasteiger partial charge on any atom is -0.855 e. The molecule has 72 valence electrons. The van der Waals surface area contributed by atoms with Crippen LogP contribution in [0.3, 0.4) is 0 Å². The van der Waals surface area contributed by atoms with Gasteiger partial charge in [0.15, 0.2) is 0 Å². The van der Waals surface area contributed by atoms with Crippen LogP contribution in [0.5, 0.6) is 0 Å². The fourth-order valence-electron chi connectivity index (χ4n) is 0. The average molecular weight is 215 g/mol. The van der Waals surface area contributed by atoms with Crippen molar-refractivity contribution in [1.82, 2.24) is 0 Å². The second kappa shape index (κ2) is 117. The first kappa shape index (κ1) is 51.7. The molecule has 0 rings (SSSR count). The molecule has 0 aliphatic rings. The molecule has 0 amide bonds. The van der Waals surface area contributed by atoms with Gasteiger partial charge in [0.05, 0.1) is 0 Å². The van der Waals surface area contributed by atoms with Crippen molar-refractivity contribution in [1.29, 1.82) is 0 Å². The summed E-state index contributed by atoms with van der Waals surface area (Å²) in [6.07, 6.45) is 0. The van der Waals surface area contributed by atoms with Crippen LogP contribution >= 0.6 is 0 Å². The second-order valence-corrected chi connectivity index (χ2v) is 0.436. The minimum absolute atomic E-state index is 0. The van der Waals surface area contributed by atoms with Crippen LogP contribution in [0.4, 0.5) is 17.3 Å². The Bertz CT molecular complexity index is 40.0. The first-order chi connectivity index (χ1) is 5.66. The Hall–Kier alpha value is 2.21. The molecule has 0 aliphatic carbocycles. The van der Waals surface area contributed by atoms with Crippen LogP contribution in [0.15, 0.2) is 0 Å². The van der Waals surface area contributed by atoms with Crippen molar-refractivity contribution in [2.24, 2.45) is 0 Å². The normalized spacial score (nSPS) is 3.50. The summed E-state index contributed by atoms with van der Waals surface area (Å²) in [5, 5.41) is 33.1. The van der Waals surface area contributed by atoms with Crippen LogP contribution in [0.1, 0.15) is 0 Å². The van der Waals surface area contributed by atoms with E-state index in [9.17, 15) is 17.3 Å². The number of rotatable bonds is 0. The maximum Gasteiger partial charge on any atom is 1.00 e. The molecular formula is H4B4F4Li4O4. The zero-order valence-electron chi connectivity index (χ0n) is 9.97. The van der Waals surface area contributed by atoms with Gasteiger partial charge in [-0.2, -0.15) is 0 Å². The van der Waals surface area contributed by atoms with Crippen LogP contribution in [-0.2, 0) is 0 Å². The molecule has 0 atom stereocenters. The van der Waals surface area contributed by atoms with Crippen molar-refractivity contribution in [2.45, 2.75) is 0 Å². The molecule has 0 aromatic carbocycles. The Morgan fingerprint density at radius 2 is 0.438 bits per heavy atom. The van der Waals surface area contributed by atoms with Crippen molar-refractivity contribution in [3.8, 4) is 0 Å². The van der Waals surface area contributed by atoms with Crippen LogP contribution in [0.2, 0.25) is 0 Å². The van der Waals surface area contributed by atoms with Gasteiger partial charge in [0.25, 0.3) is 0 Å².